The normalized spacial score (nSPS) is 15.9. The van der Waals surface area contributed by atoms with Crippen LogP contribution in [0.25, 0.3) is 0 Å². The molecule has 2 rings (SSSR count). The minimum Gasteiger partial charge on any atom is -0.335 e. The Morgan fingerprint density at radius 1 is 1.35 bits per heavy atom. The number of nitrogens with zero attached hydrogens (tertiary/aromatic N) is 1. The summed E-state index contributed by atoms with van der Waals surface area (Å²) in [5, 5.41) is 2.92. The lowest BCUT2D eigenvalue weighted by molar-refractivity contribution is 0.243. The molecule has 92 valence electrons. The van der Waals surface area contributed by atoms with Gasteiger partial charge in [0, 0.05) is 13.1 Å². The SMILES string of the molecule is CN(C(=O)NC1CCCC1)c1ccccc1F. The number of urea groups is 1. The summed E-state index contributed by atoms with van der Waals surface area (Å²) in [7, 11) is 1.59. The molecule has 0 aromatic heterocycles. The summed E-state index contributed by atoms with van der Waals surface area (Å²) < 4.78 is 13.5. The number of carbonyl (C=O) groups excluding carboxylic acids is 1. The monoisotopic (exact) mass is 236 g/mol. The van der Waals surface area contributed by atoms with E-state index in [-0.39, 0.29) is 17.9 Å². The highest BCUT2D eigenvalue weighted by Crippen LogP contribution is 2.20. The highest BCUT2D eigenvalue weighted by atomic mass is 19.1. The van der Waals surface area contributed by atoms with Crippen molar-refractivity contribution in [3.63, 3.8) is 0 Å². The number of carbonyl (C=O) groups is 1. The molecule has 0 saturated heterocycles. The third kappa shape index (κ3) is 2.75. The number of para-hydroxylation sites is 1. The zero-order valence-corrected chi connectivity index (χ0v) is 9.95. The molecule has 3 nitrogen and oxygen atoms in total. The Morgan fingerprint density at radius 3 is 2.65 bits per heavy atom. The van der Waals surface area contributed by atoms with Crippen molar-refractivity contribution < 1.29 is 9.18 Å². The van der Waals surface area contributed by atoms with Gasteiger partial charge in [-0.2, -0.15) is 0 Å². The Bertz CT molecular complexity index is 402. The van der Waals surface area contributed by atoms with Crippen molar-refractivity contribution in [2.24, 2.45) is 0 Å². The van der Waals surface area contributed by atoms with E-state index in [0.717, 1.165) is 25.7 Å². The molecule has 4 heteroatoms. The van der Waals surface area contributed by atoms with Crippen molar-refractivity contribution in [1.82, 2.24) is 5.32 Å². The van der Waals surface area contributed by atoms with Crippen LogP contribution in [0.5, 0.6) is 0 Å². The number of benzene rings is 1. The maximum atomic E-state index is 13.5. The minimum absolute atomic E-state index is 0.234. The molecule has 1 aromatic carbocycles. The first-order chi connectivity index (χ1) is 8.18. The molecule has 1 fully saturated rings. The number of rotatable bonds is 2. The van der Waals surface area contributed by atoms with Crippen molar-refractivity contribution in [1.29, 1.82) is 0 Å². The van der Waals surface area contributed by atoms with Crippen LogP contribution in [0.4, 0.5) is 14.9 Å². The molecule has 0 heterocycles. The van der Waals surface area contributed by atoms with Gasteiger partial charge < -0.3 is 5.32 Å². The van der Waals surface area contributed by atoms with Gasteiger partial charge in [0.1, 0.15) is 5.82 Å². The van der Waals surface area contributed by atoms with E-state index in [0.29, 0.717) is 5.69 Å². The van der Waals surface area contributed by atoms with E-state index in [1.54, 1.807) is 25.2 Å². The lowest BCUT2D eigenvalue weighted by Gasteiger charge is -2.21. The Morgan fingerprint density at radius 2 is 2.00 bits per heavy atom. The maximum Gasteiger partial charge on any atom is 0.321 e. The molecule has 0 spiro atoms. The van der Waals surface area contributed by atoms with E-state index in [1.165, 1.54) is 11.0 Å². The number of hydrogen-bond donors (Lipinski definition) is 1. The van der Waals surface area contributed by atoms with Crippen LogP contribution in [-0.4, -0.2) is 19.1 Å². The molecule has 1 aliphatic rings. The summed E-state index contributed by atoms with van der Waals surface area (Å²) in [6.07, 6.45) is 4.37. The fourth-order valence-electron chi connectivity index (χ4n) is 2.17. The van der Waals surface area contributed by atoms with Gasteiger partial charge in [0.05, 0.1) is 5.69 Å². The summed E-state index contributed by atoms with van der Waals surface area (Å²) >= 11 is 0. The summed E-state index contributed by atoms with van der Waals surface area (Å²) in [4.78, 5) is 13.2. The zero-order chi connectivity index (χ0) is 12.3. The van der Waals surface area contributed by atoms with Crippen LogP contribution < -0.4 is 10.2 Å². The van der Waals surface area contributed by atoms with Crippen LogP contribution in [0.15, 0.2) is 24.3 Å². The first-order valence-electron chi connectivity index (χ1n) is 5.97. The van der Waals surface area contributed by atoms with Gasteiger partial charge in [-0.1, -0.05) is 25.0 Å². The highest BCUT2D eigenvalue weighted by molar-refractivity contribution is 5.91. The average molecular weight is 236 g/mol. The second kappa shape index (κ2) is 5.17. The van der Waals surface area contributed by atoms with Crippen LogP contribution in [0, 0.1) is 5.82 Å². The molecule has 1 N–H and O–H groups in total. The standard InChI is InChI=1S/C13H17FN2O/c1-16(12-9-5-4-8-11(12)14)13(17)15-10-6-2-3-7-10/h4-5,8-10H,2-3,6-7H2,1H3,(H,15,17). The molecule has 1 aromatic rings. The van der Waals surface area contributed by atoms with E-state index in [1.807, 2.05) is 0 Å². The predicted molar refractivity (Wildman–Crippen MR) is 65.6 cm³/mol. The van der Waals surface area contributed by atoms with Gasteiger partial charge >= 0.3 is 6.03 Å². The quantitative estimate of drug-likeness (QED) is 0.841. The van der Waals surface area contributed by atoms with Gasteiger partial charge in [-0.05, 0) is 25.0 Å². The maximum absolute atomic E-state index is 13.5. The predicted octanol–water partition coefficient (Wildman–Crippen LogP) is 2.91. The molecule has 17 heavy (non-hydrogen) atoms. The Hall–Kier alpha value is -1.58. The fourth-order valence-corrected chi connectivity index (χ4v) is 2.17. The number of halogens is 1. The molecule has 0 aliphatic heterocycles. The lowest BCUT2D eigenvalue weighted by Crippen LogP contribution is -2.42. The van der Waals surface area contributed by atoms with Gasteiger partial charge in [-0.3, -0.25) is 4.90 Å². The average Bonchev–Trinajstić information content (AvgIpc) is 2.81. The zero-order valence-electron chi connectivity index (χ0n) is 9.95. The van der Waals surface area contributed by atoms with Crippen molar-refractivity contribution in [2.45, 2.75) is 31.7 Å². The second-order valence-corrected chi connectivity index (χ2v) is 4.44. The van der Waals surface area contributed by atoms with Crippen LogP contribution >= 0.6 is 0 Å². The smallest absolute Gasteiger partial charge is 0.321 e. The van der Waals surface area contributed by atoms with Gasteiger partial charge in [0.2, 0.25) is 0 Å². The van der Waals surface area contributed by atoms with Crippen LogP contribution in [0.3, 0.4) is 0 Å². The fraction of sp³-hybridized carbons (Fsp3) is 0.462. The van der Waals surface area contributed by atoms with Crippen LogP contribution in [0.2, 0.25) is 0 Å². The Balaban J connectivity index is 2.01. The third-order valence-corrected chi connectivity index (χ3v) is 3.20. The molecule has 0 unspecified atom stereocenters. The van der Waals surface area contributed by atoms with Crippen molar-refractivity contribution in [2.75, 3.05) is 11.9 Å². The topological polar surface area (TPSA) is 32.3 Å². The first kappa shape index (κ1) is 11.9. The first-order valence-corrected chi connectivity index (χ1v) is 5.97. The number of anilines is 1. The van der Waals surface area contributed by atoms with E-state index in [2.05, 4.69) is 5.32 Å². The molecule has 0 atom stereocenters. The lowest BCUT2D eigenvalue weighted by atomic mass is 10.2. The van der Waals surface area contributed by atoms with Gasteiger partial charge in [-0.15, -0.1) is 0 Å². The van der Waals surface area contributed by atoms with Crippen molar-refractivity contribution >= 4 is 11.7 Å². The van der Waals surface area contributed by atoms with Crippen LogP contribution in [0.1, 0.15) is 25.7 Å². The largest absolute Gasteiger partial charge is 0.335 e. The third-order valence-electron chi connectivity index (χ3n) is 3.20. The second-order valence-electron chi connectivity index (χ2n) is 4.44. The molecule has 0 radical (unpaired) electrons. The van der Waals surface area contributed by atoms with E-state index in [4.69, 9.17) is 0 Å². The number of hydrogen-bond acceptors (Lipinski definition) is 1. The van der Waals surface area contributed by atoms with Gasteiger partial charge in [-0.25, -0.2) is 9.18 Å². The van der Waals surface area contributed by atoms with Gasteiger partial charge in [0.25, 0.3) is 0 Å². The Labute approximate surface area is 101 Å². The molecule has 1 aliphatic carbocycles. The molecule has 2 amide bonds. The Kier molecular flexibility index (Phi) is 3.61. The highest BCUT2D eigenvalue weighted by Gasteiger charge is 2.20. The summed E-state index contributed by atoms with van der Waals surface area (Å²) in [6, 6.07) is 6.30. The number of amides is 2. The molecular weight excluding hydrogens is 219 g/mol. The van der Waals surface area contributed by atoms with E-state index < -0.39 is 0 Å². The molecule has 1 saturated carbocycles. The van der Waals surface area contributed by atoms with Crippen molar-refractivity contribution in [3.05, 3.63) is 30.1 Å². The van der Waals surface area contributed by atoms with Crippen molar-refractivity contribution in [3.8, 4) is 0 Å². The van der Waals surface area contributed by atoms with E-state index >= 15 is 0 Å². The summed E-state index contributed by atoms with van der Waals surface area (Å²) in [5.41, 5.74) is 0.308. The van der Waals surface area contributed by atoms with E-state index in [9.17, 15) is 9.18 Å². The van der Waals surface area contributed by atoms with Gasteiger partial charge in [0.15, 0.2) is 0 Å². The molecular formula is C13H17FN2O. The summed E-state index contributed by atoms with van der Waals surface area (Å²) in [6.45, 7) is 0. The molecule has 0 bridgehead atoms. The summed E-state index contributed by atoms with van der Waals surface area (Å²) in [5.74, 6) is -0.378. The number of nitrogens with one attached hydrogen (secondary N) is 1. The minimum atomic E-state index is -0.378. The van der Waals surface area contributed by atoms with Crippen LogP contribution in [-0.2, 0) is 0 Å².